The van der Waals surface area contributed by atoms with Gasteiger partial charge in [0.1, 0.15) is 11.8 Å². The Morgan fingerprint density at radius 2 is 2.40 bits per heavy atom. The fourth-order valence-corrected chi connectivity index (χ4v) is 1.36. The van der Waals surface area contributed by atoms with Gasteiger partial charge in [-0.25, -0.2) is 4.52 Å². The third-order valence-corrected chi connectivity index (χ3v) is 2.08. The van der Waals surface area contributed by atoms with E-state index in [1.54, 1.807) is 16.9 Å². The molecule has 0 aliphatic rings. The first-order valence-corrected chi connectivity index (χ1v) is 4.85. The van der Waals surface area contributed by atoms with Gasteiger partial charge in [0.15, 0.2) is 0 Å². The summed E-state index contributed by atoms with van der Waals surface area (Å²) in [6.45, 7) is 2.75. The second-order valence-corrected chi connectivity index (χ2v) is 3.21. The van der Waals surface area contributed by atoms with Crippen LogP contribution in [-0.4, -0.2) is 16.2 Å². The number of aromatic nitrogens is 2. The van der Waals surface area contributed by atoms with Crippen molar-refractivity contribution in [1.82, 2.24) is 9.61 Å². The molecular formula is C11H11N3O. The van der Waals surface area contributed by atoms with Crippen LogP contribution in [0.15, 0.2) is 24.5 Å². The van der Waals surface area contributed by atoms with E-state index in [0.717, 1.165) is 17.7 Å². The molecule has 0 spiro atoms. The van der Waals surface area contributed by atoms with Crippen LogP contribution in [0.2, 0.25) is 0 Å². The van der Waals surface area contributed by atoms with Crippen LogP contribution in [0, 0.1) is 11.3 Å². The third-order valence-electron chi connectivity index (χ3n) is 2.08. The molecule has 0 bridgehead atoms. The van der Waals surface area contributed by atoms with Gasteiger partial charge < -0.3 is 4.74 Å². The number of hydrogen-bond acceptors (Lipinski definition) is 3. The van der Waals surface area contributed by atoms with E-state index in [1.807, 2.05) is 12.1 Å². The summed E-state index contributed by atoms with van der Waals surface area (Å²) >= 11 is 0. The Morgan fingerprint density at radius 3 is 3.13 bits per heavy atom. The molecule has 0 saturated carbocycles. The summed E-state index contributed by atoms with van der Waals surface area (Å²) < 4.78 is 7.12. The maximum Gasteiger partial charge on any atom is 0.137 e. The molecule has 0 aliphatic carbocycles. The van der Waals surface area contributed by atoms with Crippen LogP contribution >= 0.6 is 0 Å². The number of rotatable bonds is 3. The van der Waals surface area contributed by atoms with Crippen molar-refractivity contribution in [2.45, 2.75) is 13.3 Å². The van der Waals surface area contributed by atoms with Crippen molar-refractivity contribution in [1.29, 1.82) is 5.26 Å². The van der Waals surface area contributed by atoms with Crippen LogP contribution in [0.1, 0.15) is 18.9 Å². The summed E-state index contributed by atoms with van der Waals surface area (Å²) in [5, 5.41) is 12.9. The third kappa shape index (κ3) is 1.77. The summed E-state index contributed by atoms with van der Waals surface area (Å²) in [6.07, 6.45) is 4.31. The van der Waals surface area contributed by atoms with Gasteiger partial charge in [0.05, 0.1) is 30.1 Å². The Bertz CT molecular complexity index is 510. The molecular weight excluding hydrogens is 190 g/mol. The number of nitrogens with zero attached hydrogens (tertiary/aromatic N) is 3. The Balaban J connectivity index is 2.36. The highest BCUT2D eigenvalue weighted by molar-refractivity contribution is 5.60. The fraction of sp³-hybridized carbons (Fsp3) is 0.273. The molecule has 0 N–H and O–H groups in total. The Kier molecular flexibility index (Phi) is 2.55. The van der Waals surface area contributed by atoms with Crippen molar-refractivity contribution in [3.8, 4) is 11.8 Å². The van der Waals surface area contributed by atoms with E-state index in [1.165, 1.54) is 0 Å². The highest BCUT2D eigenvalue weighted by Crippen LogP contribution is 2.15. The minimum atomic E-state index is 0.581. The second kappa shape index (κ2) is 4.01. The molecule has 0 aliphatic heterocycles. The Hall–Kier alpha value is -2.02. The van der Waals surface area contributed by atoms with Gasteiger partial charge in [0.25, 0.3) is 0 Å². The maximum atomic E-state index is 8.80. The molecule has 76 valence electrons. The number of hydrogen-bond donors (Lipinski definition) is 0. The summed E-state index contributed by atoms with van der Waals surface area (Å²) in [5.41, 5.74) is 1.39. The smallest absolute Gasteiger partial charge is 0.137 e. The van der Waals surface area contributed by atoms with E-state index in [4.69, 9.17) is 10.00 Å². The SMILES string of the molecule is CCCOc1ccc2c(C#N)cnn2c1. The van der Waals surface area contributed by atoms with Crippen LogP contribution in [0.25, 0.3) is 5.52 Å². The first-order valence-electron chi connectivity index (χ1n) is 4.85. The lowest BCUT2D eigenvalue weighted by Gasteiger charge is -2.04. The number of fused-ring (bicyclic) bond motifs is 1. The zero-order chi connectivity index (χ0) is 10.7. The first kappa shape index (κ1) is 9.53. The molecule has 0 saturated heterocycles. The molecule has 0 radical (unpaired) electrons. The standard InChI is InChI=1S/C11H11N3O/c1-2-5-15-10-3-4-11-9(6-12)7-13-14(11)8-10/h3-4,7-8H,2,5H2,1H3. The summed E-state index contributed by atoms with van der Waals surface area (Å²) in [7, 11) is 0. The van der Waals surface area contributed by atoms with Gasteiger partial charge in [0.2, 0.25) is 0 Å². The molecule has 0 unspecified atom stereocenters. The Labute approximate surface area is 87.7 Å². The predicted molar refractivity (Wildman–Crippen MR) is 55.7 cm³/mol. The van der Waals surface area contributed by atoms with E-state index in [9.17, 15) is 0 Å². The van der Waals surface area contributed by atoms with E-state index >= 15 is 0 Å². The minimum Gasteiger partial charge on any atom is -0.492 e. The van der Waals surface area contributed by atoms with Gasteiger partial charge in [-0.1, -0.05) is 6.92 Å². The lowest BCUT2D eigenvalue weighted by Crippen LogP contribution is -1.97. The topological polar surface area (TPSA) is 50.3 Å². The molecule has 2 aromatic heterocycles. The van der Waals surface area contributed by atoms with E-state index in [0.29, 0.717) is 12.2 Å². The quantitative estimate of drug-likeness (QED) is 0.763. The number of nitriles is 1. The lowest BCUT2D eigenvalue weighted by molar-refractivity contribution is 0.315. The first-order chi connectivity index (χ1) is 7.35. The fourth-order valence-electron chi connectivity index (χ4n) is 1.36. The van der Waals surface area contributed by atoms with E-state index in [-0.39, 0.29) is 0 Å². The van der Waals surface area contributed by atoms with Crippen molar-refractivity contribution >= 4 is 5.52 Å². The van der Waals surface area contributed by atoms with Gasteiger partial charge in [-0.15, -0.1) is 0 Å². The monoisotopic (exact) mass is 201 g/mol. The summed E-state index contributed by atoms with van der Waals surface area (Å²) in [5.74, 6) is 0.775. The molecule has 2 aromatic rings. The molecule has 0 aromatic carbocycles. The highest BCUT2D eigenvalue weighted by atomic mass is 16.5. The van der Waals surface area contributed by atoms with Crippen molar-refractivity contribution < 1.29 is 4.74 Å². The zero-order valence-electron chi connectivity index (χ0n) is 8.47. The second-order valence-electron chi connectivity index (χ2n) is 3.21. The largest absolute Gasteiger partial charge is 0.492 e. The van der Waals surface area contributed by atoms with Crippen molar-refractivity contribution in [2.75, 3.05) is 6.61 Å². The Morgan fingerprint density at radius 1 is 1.53 bits per heavy atom. The molecule has 2 rings (SSSR count). The van der Waals surface area contributed by atoms with Crippen molar-refractivity contribution in [3.05, 3.63) is 30.1 Å². The van der Waals surface area contributed by atoms with Crippen LogP contribution in [0.5, 0.6) is 5.75 Å². The molecule has 0 amide bonds. The van der Waals surface area contributed by atoms with Crippen LogP contribution in [0.3, 0.4) is 0 Å². The molecule has 4 nitrogen and oxygen atoms in total. The summed E-state index contributed by atoms with van der Waals surface area (Å²) in [4.78, 5) is 0. The molecule has 2 heterocycles. The summed E-state index contributed by atoms with van der Waals surface area (Å²) in [6, 6.07) is 5.79. The van der Waals surface area contributed by atoms with Crippen LogP contribution < -0.4 is 4.74 Å². The van der Waals surface area contributed by atoms with Gasteiger partial charge >= 0.3 is 0 Å². The van der Waals surface area contributed by atoms with Gasteiger partial charge in [-0.2, -0.15) is 10.4 Å². The average Bonchev–Trinajstić information content (AvgIpc) is 2.68. The van der Waals surface area contributed by atoms with Crippen molar-refractivity contribution in [3.63, 3.8) is 0 Å². The van der Waals surface area contributed by atoms with Crippen molar-refractivity contribution in [2.24, 2.45) is 0 Å². The maximum absolute atomic E-state index is 8.80. The van der Waals surface area contributed by atoms with Gasteiger partial charge in [-0.3, -0.25) is 0 Å². The average molecular weight is 201 g/mol. The number of ether oxygens (including phenoxy) is 1. The van der Waals surface area contributed by atoms with Gasteiger partial charge in [-0.05, 0) is 18.6 Å². The minimum absolute atomic E-state index is 0.581. The molecule has 0 fully saturated rings. The van der Waals surface area contributed by atoms with E-state index < -0.39 is 0 Å². The zero-order valence-corrected chi connectivity index (χ0v) is 8.47. The normalized spacial score (nSPS) is 10.1. The van der Waals surface area contributed by atoms with Crippen LogP contribution in [0.4, 0.5) is 0 Å². The van der Waals surface area contributed by atoms with E-state index in [2.05, 4.69) is 18.1 Å². The van der Waals surface area contributed by atoms with Crippen LogP contribution in [-0.2, 0) is 0 Å². The predicted octanol–water partition coefficient (Wildman–Crippen LogP) is 1.99. The number of pyridine rings is 1. The lowest BCUT2D eigenvalue weighted by atomic mass is 10.3. The van der Waals surface area contributed by atoms with Gasteiger partial charge in [0, 0.05) is 0 Å². The molecule has 4 heteroatoms. The molecule has 15 heavy (non-hydrogen) atoms. The molecule has 0 atom stereocenters. The highest BCUT2D eigenvalue weighted by Gasteiger charge is 2.03.